The molecule has 0 saturated carbocycles. The third-order valence-corrected chi connectivity index (χ3v) is 4.49. The van der Waals surface area contributed by atoms with E-state index < -0.39 is 0 Å². The largest absolute Gasteiger partial charge is 0.493 e. The lowest BCUT2D eigenvalue weighted by Crippen LogP contribution is -2.48. The summed E-state index contributed by atoms with van der Waals surface area (Å²) >= 11 is 0. The number of hydrogen-bond donors (Lipinski definition) is 2. The van der Waals surface area contributed by atoms with Crippen molar-refractivity contribution in [3.05, 3.63) is 23.8 Å². The molecule has 0 aliphatic carbocycles. The van der Waals surface area contributed by atoms with E-state index in [0.29, 0.717) is 29.9 Å². The fourth-order valence-corrected chi connectivity index (χ4v) is 3.51. The molecule has 1 saturated heterocycles. The highest BCUT2D eigenvalue weighted by atomic mass is 16.5. The Hall–Kier alpha value is -1.95. The quantitative estimate of drug-likeness (QED) is 0.576. The van der Waals surface area contributed by atoms with Crippen molar-refractivity contribution < 1.29 is 14.6 Å². The average molecular weight is 364 g/mol. The first-order valence-electron chi connectivity index (χ1n) is 9.51. The number of likely N-dealkylation sites (tertiary alicyclic amines) is 1. The Balaban J connectivity index is 2.11. The van der Waals surface area contributed by atoms with Gasteiger partial charge in [0.15, 0.2) is 17.5 Å². The Morgan fingerprint density at radius 1 is 1.27 bits per heavy atom. The van der Waals surface area contributed by atoms with Gasteiger partial charge in [-0.1, -0.05) is 19.9 Å². The number of nitrogens with one attached hydrogen (secondary N) is 1. The van der Waals surface area contributed by atoms with Crippen LogP contribution in [0.2, 0.25) is 0 Å². The minimum absolute atomic E-state index is 0.0199. The first kappa shape index (κ1) is 20.4. The van der Waals surface area contributed by atoms with E-state index in [-0.39, 0.29) is 13.2 Å². The van der Waals surface area contributed by atoms with E-state index in [2.05, 4.69) is 31.0 Å². The lowest BCUT2D eigenvalue weighted by atomic mass is 9.92. The lowest BCUT2D eigenvalue weighted by molar-refractivity contribution is 0.196. The number of aliphatic imine (C=N–C) groups is 1. The van der Waals surface area contributed by atoms with E-state index in [1.807, 2.05) is 18.2 Å². The van der Waals surface area contributed by atoms with Crippen molar-refractivity contribution in [1.29, 1.82) is 0 Å². The van der Waals surface area contributed by atoms with Crippen LogP contribution in [0.15, 0.2) is 23.2 Å². The highest BCUT2D eigenvalue weighted by Crippen LogP contribution is 2.28. The van der Waals surface area contributed by atoms with Crippen LogP contribution in [-0.4, -0.2) is 55.9 Å². The molecule has 2 N–H and O–H groups in total. The second-order valence-electron chi connectivity index (χ2n) is 7.08. The van der Waals surface area contributed by atoms with Crippen LogP contribution in [0.3, 0.4) is 0 Å². The van der Waals surface area contributed by atoms with Gasteiger partial charge < -0.3 is 24.8 Å². The van der Waals surface area contributed by atoms with Gasteiger partial charge in [0.2, 0.25) is 0 Å². The van der Waals surface area contributed by atoms with Gasteiger partial charge >= 0.3 is 0 Å². The zero-order chi connectivity index (χ0) is 18.9. The molecule has 0 amide bonds. The molecule has 6 heteroatoms. The molecule has 2 atom stereocenters. The van der Waals surface area contributed by atoms with Gasteiger partial charge in [0.05, 0.1) is 20.3 Å². The normalized spacial score (nSPS) is 20.8. The summed E-state index contributed by atoms with van der Waals surface area (Å²) in [6.45, 7) is 10.5. The molecule has 146 valence electrons. The fourth-order valence-electron chi connectivity index (χ4n) is 3.51. The summed E-state index contributed by atoms with van der Waals surface area (Å²) < 4.78 is 10.9. The summed E-state index contributed by atoms with van der Waals surface area (Å²) in [5.74, 6) is 3.65. The molecular formula is C20H33N3O3. The Bertz CT molecular complexity index is 582. The van der Waals surface area contributed by atoms with Crippen molar-refractivity contribution in [3.8, 4) is 11.5 Å². The van der Waals surface area contributed by atoms with Gasteiger partial charge in [-0.2, -0.15) is 0 Å². The highest BCUT2D eigenvalue weighted by molar-refractivity contribution is 5.80. The molecule has 0 spiro atoms. The molecule has 1 aliphatic heterocycles. The number of methoxy groups -OCH3 is 1. The number of rotatable bonds is 7. The molecule has 0 radical (unpaired) electrons. The van der Waals surface area contributed by atoms with Gasteiger partial charge in [0.25, 0.3) is 0 Å². The third-order valence-electron chi connectivity index (χ3n) is 4.49. The maximum Gasteiger partial charge on any atom is 0.194 e. The standard InChI is InChI=1S/C20H33N3O3/c1-5-21-20(23-13-15(2)10-16(3)14-23)22-12-17-6-7-18(26-9-8-24)19(11-17)25-4/h6-7,11,15-16,24H,5,8-10,12-14H2,1-4H3,(H,21,22). The summed E-state index contributed by atoms with van der Waals surface area (Å²) in [6, 6.07) is 5.81. The number of nitrogens with zero attached hydrogens (tertiary/aromatic N) is 2. The van der Waals surface area contributed by atoms with E-state index in [9.17, 15) is 0 Å². The van der Waals surface area contributed by atoms with Gasteiger partial charge in [0.1, 0.15) is 6.61 Å². The molecule has 2 unspecified atom stereocenters. The summed E-state index contributed by atoms with van der Waals surface area (Å²) in [7, 11) is 1.62. The van der Waals surface area contributed by atoms with Crippen molar-refractivity contribution in [1.82, 2.24) is 10.2 Å². The van der Waals surface area contributed by atoms with Crippen molar-refractivity contribution in [2.75, 3.05) is 40.0 Å². The Morgan fingerprint density at radius 2 is 2.00 bits per heavy atom. The monoisotopic (exact) mass is 363 g/mol. The van der Waals surface area contributed by atoms with Crippen LogP contribution in [0.25, 0.3) is 0 Å². The molecule has 1 aromatic rings. The van der Waals surface area contributed by atoms with Gasteiger partial charge in [-0.3, -0.25) is 0 Å². The number of aliphatic hydroxyl groups is 1. The third kappa shape index (κ3) is 5.80. The summed E-state index contributed by atoms with van der Waals surface area (Å²) in [5.41, 5.74) is 1.06. The smallest absolute Gasteiger partial charge is 0.194 e. The van der Waals surface area contributed by atoms with Crippen molar-refractivity contribution >= 4 is 5.96 Å². The lowest BCUT2D eigenvalue weighted by Gasteiger charge is -2.37. The SMILES string of the molecule is CCNC(=NCc1ccc(OCCO)c(OC)c1)N1CC(C)CC(C)C1. The predicted octanol–water partition coefficient (Wildman–Crippen LogP) is 2.51. The maximum absolute atomic E-state index is 8.91. The Morgan fingerprint density at radius 3 is 2.62 bits per heavy atom. The van der Waals surface area contributed by atoms with Crippen LogP contribution >= 0.6 is 0 Å². The zero-order valence-corrected chi connectivity index (χ0v) is 16.5. The van der Waals surface area contributed by atoms with Crippen molar-refractivity contribution in [2.45, 2.75) is 33.7 Å². The highest BCUT2D eigenvalue weighted by Gasteiger charge is 2.23. The number of ether oxygens (including phenoxy) is 2. The number of benzene rings is 1. The fraction of sp³-hybridized carbons (Fsp3) is 0.650. The van der Waals surface area contributed by atoms with Crippen molar-refractivity contribution in [3.63, 3.8) is 0 Å². The van der Waals surface area contributed by atoms with E-state index >= 15 is 0 Å². The minimum atomic E-state index is -0.0199. The molecule has 1 heterocycles. The van der Waals surface area contributed by atoms with Crippen molar-refractivity contribution in [2.24, 2.45) is 16.8 Å². The van der Waals surface area contributed by atoms with Crippen LogP contribution in [0.5, 0.6) is 11.5 Å². The van der Waals surface area contributed by atoms with Crippen LogP contribution in [-0.2, 0) is 6.54 Å². The predicted molar refractivity (Wildman–Crippen MR) is 105 cm³/mol. The van der Waals surface area contributed by atoms with E-state index in [4.69, 9.17) is 19.6 Å². The molecule has 0 bridgehead atoms. The molecular weight excluding hydrogens is 330 g/mol. The molecule has 6 nitrogen and oxygen atoms in total. The van der Waals surface area contributed by atoms with Gasteiger partial charge in [-0.15, -0.1) is 0 Å². The summed E-state index contributed by atoms with van der Waals surface area (Å²) in [6.07, 6.45) is 1.28. The van der Waals surface area contributed by atoms with Gasteiger partial charge in [0, 0.05) is 19.6 Å². The molecule has 26 heavy (non-hydrogen) atoms. The summed E-state index contributed by atoms with van der Waals surface area (Å²) in [4.78, 5) is 7.21. The average Bonchev–Trinajstić information content (AvgIpc) is 2.62. The topological polar surface area (TPSA) is 66.3 Å². The minimum Gasteiger partial charge on any atom is -0.493 e. The van der Waals surface area contributed by atoms with Crippen LogP contribution in [0, 0.1) is 11.8 Å². The second-order valence-corrected chi connectivity index (χ2v) is 7.08. The van der Waals surface area contributed by atoms with Gasteiger partial charge in [-0.05, 0) is 42.9 Å². The molecule has 2 rings (SSSR count). The van der Waals surface area contributed by atoms with Crippen LogP contribution in [0.4, 0.5) is 0 Å². The van der Waals surface area contributed by atoms with E-state index in [1.54, 1.807) is 7.11 Å². The van der Waals surface area contributed by atoms with Crippen LogP contribution in [0.1, 0.15) is 32.8 Å². The van der Waals surface area contributed by atoms with E-state index in [1.165, 1.54) is 6.42 Å². The number of guanidine groups is 1. The molecule has 1 fully saturated rings. The first-order chi connectivity index (χ1) is 12.6. The zero-order valence-electron chi connectivity index (χ0n) is 16.5. The number of piperidine rings is 1. The number of aliphatic hydroxyl groups excluding tert-OH is 1. The molecule has 0 aromatic heterocycles. The Labute approximate surface area is 157 Å². The van der Waals surface area contributed by atoms with Gasteiger partial charge in [-0.25, -0.2) is 4.99 Å². The van der Waals surface area contributed by atoms with Crippen LogP contribution < -0.4 is 14.8 Å². The van der Waals surface area contributed by atoms with E-state index in [0.717, 1.165) is 31.2 Å². The number of hydrogen-bond acceptors (Lipinski definition) is 4. The summed E-state index contributed by atoms with van der Waals surface area (Å²) in [5, 5.41) is 12.3. The first-order valence-corrected chi connectivity index (χ1v) is 9.51. The molecule has 1 aliphatic rings. The maximum atomic E-state index is 8.91. The molecule has 1 aromatic carbocycles. The Kier molecular flexibility index (Phi) is 8.04. The second kappa shape index (κ2) is 10.3.